The van der Waals surface area contributed by atoms with Crippen LogP contribution in [0.2, 0.25) is 5.02 Å². The molecule has 0 atom stereocenters. The third kappa shape index (κ3) is 1.41. The standard InChI is InChI=1S/C7H3ClF3NO2/c1-2-3(8)7(12(13)14)6(11)5(10)4(2)9/h1H3. The zero-order valence-electron chi connectivity index (χ0n) is 6.78. The van der Waals surface area contributed by atoms with Gasteiger partial charge in [0, 0.05) is 5.56 Å². The van der Waals surface area contributed by atoms with Crippen molar-refractivity contribution in [3.05, 3.63) is 38.2 Å². The molecule has 0 fully saturated rings. The summed E-state index contributed by atoms with van der Waals surface area (Å²) in [4.78, 5) is 9.05. The predicted molar refractivity (Wildman–Crippen MR) is 42.7 cm³/mol. The molecule has 7 heteroatoms. The minimum absolute atomic E-state index is 0.489. The Morgan fingerprint density at radius 2 is 1.71 bits per heavy atom. The highest BCUT2D eigenvalue weighted by atomic mass is 35.5. The summed E-state index contributed by atoms with van der Waals surface area (Å²) in [5.74, 6) is -5.29. The smallest absolute Gasteiger partial charge is 0.258 e. The minimum atomic E-state index is -1.89. The Kier molecular flexibility index (Phi) is 2.66. The number of hydrogen-bond acceptors (Lipinski definition) is 2. The zero-order chi connectivity index (χ0) is 11.0. The second kappa shape index (κ2) is 3.45. The summed E-state index contributed by atoms with van der Waals surface area (Å²) in [5.41, 5.74) is -1.74. The molecule has 0 radical (unpaired) electrons. The van der Waals surface area contributed by atoms with Crippen molar-refractivity contribution in [3.8, 4) is 0 Å². The van der Waals surface area contributed by atoms with Gasteiger partial charge in [-0.1, -0.05) is 11.6 Å². The predicted octanol–water partition coefficient (Wildman–Crippen LogP) is 2.97. The Morgan fingerprint density at radius 3 is 2.14 bits per heavy atom. The number of nitro benzene ring substituents is 1. The molecule has 0 unspecified atom stereocenters. The van der Waals surface area contributed by atoms with Gasteiger partial charge < -0.3 is 0 Å². The van der Waals surface area contributed by atoms with Crippen molar-refractivity contribution in [3.63, 3.8) is 0 Å². The Bertz CT molecular complexity index is 393. The number of nitrogens with zero attached hydrogens (tertiary/aromatic N) is 1. The quantitative estimate of drug-likeness (QED) is 0.319. The fourth-order valence-corrected chi connectivity index (χ4v) is 1.13. The highest BCUT2D eigenvalue weighted by molar-refractivity contribution is 6.33. The first-order chi connectivity index (χ1) is 6.37. The normalized spacial score (nSPS) is 10.4. The Hall–Kier alpha value is -1.30. The summed E-state index contributed by atoms with van der Waals surface area (Å²) in [5, 5.41) is 9.52. The second-order valence-electron chi connectivity index (χ2n) is 2.49. The van der Waals surface area contributed by atoms with Crippen LogP contribution in [0.25, 0.3) is 0 Å². The summed E-state index contributed by atoms with van der Waals surface area (Å²) in [6, 6.07) is 0. The molecule has 0 aliphatic heterocycles. The van der Waals surface area contributed by atoms with Gasteiger partial charge in [0.1, 0.15) is 5.02 Å². The molecule has 3 nitrogen and oxygen atoms in total. The van der Waals surface area contributed by atoms with E-state index in [1.807, 2.05) is 0 Å². The van der Waals surface area contributed by atoms with Crippen LogP contribution in [-0.2, 0) is 0 Å². The lowest BCUT2D eigenvalue weighted by Gasteiger charge is -2.03. The fourth-order valence-electron chi connectivity index (χ4n) is 0.896. The molecule has 0 spiro atoms. The maximum Gasteiger partial charge on any atom is 0.326 e. The Labute approximate surface area is 81.2 Å². The van der Waals surface area contributed by atoms with Gasteiger partial charge in [0.2, 0.25) is 11.6 Å². The lowest BCUT2D eigenvalue weighted by atomic mass is 10.2. The van der Waals surface area contributed by atoms with Gasteiger partial charge in [0.25, 0.3) is 0 Å². The van der Waals surface area contributed by atoms with E-state index in [2.05, 4.69) is 0 Å². The van der Waals surface area contributed by atoms with Crippen LogP contribution in [0, 0.1) is 34.5 Å². The highest BCUT2D eigenvalue weighted by Gasteiger charge is 2.29. The van der Waals surface area contributed by atoms with Crippen molar-refractivity contribution >= 4 is 17.3 Å². The van der Waals surface area contributed by atoms with Gasteiger partial charge in [-0.05, 0) is 6.92 Å². The largest absolute Gasteiger partial charge is 0.326 e. The molecule has 1 aromatic carbocycles. The van der Waals surface area contributed by atoms with E-state index in [1.165, 1.54) is 0 Å². The van der Waals surface area contributed by atoms with Crippen LogP contribution < -0.4 is 0 Å². The van der Waals surface area contributed by atoms with E-state index >= 15 is 0 Å². The summed E-state index contributed by atoms with van der Waals surface area (Å²) in [6.45, 7) is 1.02. The molecule has 76 valence electrons. The average Bonchev–Trinajstić information content (AvgIpc) is 2.11. The van der Waals surface area contributed by atoms with Crippen molar-refractivity contribution in [2.45, 2.75) is 6.92 Å². The van der Waals surface area contributed by atoms with E-state index < -0.39 is 38.6 Å². The van der Waals surface area contributed by atoms with Crippen LogP contribution >= 0.6 is 11.6 Å². The number of halogens is 4. The Morgan fingerprint density at radius 1 is 1.21 bits per heavy atom. The molecule has 0 amide bonds. The van der Waals surface area contributed by atoms with Crippen LogP contribution in [0.1, 0.15) is 5.56 Å². The van der Waals surface area contributed by atoms with Gasteiger partial charge in [-0.2, -0.15) is 4.39 Å². The highest BCUT2D eigenvalue weighted by Crippen LogP contribution is 2.34. The van der Waals surface area contributed by atoms with Crippen LogP contribution in [-0.4, -0.2) is 4.92 Å². The number of nitro groups is 1. The minimum Gasteiger partial charge on any atom is -0.258 e. The number of hydrogen-bond donors (Lipinski definition) is 0. The molecule has 1 aromatic rings. The maximum atomic E-state index is 12.8. The summed E-state index contributed by atoms with van der Waals surface area (Å²) in [6.07, 6.45) is 0. The van der Waals surface area contributed by atoms with Crippen molar-refractivity contribution in [2.75, 3.05) is 0 Å². The molecule has 0 N–H and O–H groups in total. The molecule has 14 heavy (non-hydrogen) atoms. The van der Waals surface area contributed by atoms with E-state index in [0.29, 0.717) is 0 Å². The third-order valence-corrected chi connectivity index (χ3v) is 2.10. The maximum absolute atomic E-state index is 12.8. The molecular weight excluding hydrogens is 223 g/mol. The average molecular weight is 226 g/mol. The fraction of sp³-hybridized carbons (Fsp3) is 0.143. The van der Waals surface area contributed by atoms with Crippen molar-refractivity contribution in [1.29, 1.82) is 0 Å². The molecular formula is C7H3ClF3NO2. The first kappa shape index (κ1) is 10.8. The lowest BCUT2D eigenvalue weighted by molar-refractivity contribution is -0.387. The second-order valence-corrected chi connectivity index (χ2v) is 2.86. The van der Waals surface area contributed by atoms with Gasteiger partial charge in [0.15, 0.2) is 5.82 Å². The van der Waals surface area contributed by atoms with Gasteiger partial charge in [-0.15, -0.1) is 0 Å². The van der Waals surface area contributed by atoms with Crippen LogP contribution in [0.4, 0.5) is 18.9 Å². The van der Waals surface area contributed by atoms with E-state index in [9.17, 15) is 23.3 Å². The molecule has 0 aliphatic carbocycles. The number of benzene rings is 1. The summed E-state index contributed by atoms with van der Waals surface area (Å²) >= 11 is 5.28. The third-order valence-electron chi connectivity index (χ3n) is 1.64. The number of rotatable bonds is 1. The summed E-state index contributed by atoms with van der Waals surface area (Å²) in [7, 11) is 0. The zero-order valence-corrected chi connectivity index (χ0v) is 7.53. The molecule has 0 heterocycles. The Balaban J connectivity index is 3.68. The SMILES string of the molecule is Cc1c(F)c(F)c(F)c([N+](=O)[O-])c1Cl. The van der Waals surface area contributed by atoms with Gasteiger partial charge in [-0.25, -0.2) is 8.78 Å². The lowest BCUT2D eigenvalue weighted by Crippen LogP contribution is -2.02. The first-order valence-electron chi connectivity index (χ1n) is 3.34. The van der Waals surface area contributed by atoms with Crippen molar-refractivity contribution in [2.24, 2.45) is 0 Å². The van der Waals surface area contributed by atoms with E-state index in [4.69, 9.17) is 11.6 Å². The molecule has 0 saturated carbocycles. The van der Waals surface area contributed by atoms with Crippen LogP contribution in [0.5, 0.6) is 0 Å². The molecule has 0 saturated heterocycles. The van der Waals surface area contributed by atoms with Crippen molar-refractivity contribution in [1.82, 2.24) is 0 Å². The molecule has 0 aromatic heterocycles. The van der Waals surface area contributed by atoms with Gasteiger partial charge in [-0.3, -0.25) is 10.1 Å². The van der Waals surface area contributed by atoms with Crippen molar-refractivity contribution < 1.29 is 18.1 Å². The topological polar surface area (TPSA) is 43.1 Å². The van der Waals surface area contributed by atoms with E-state index in [-0.39, 0.29) is 0 Å². The van der Waals surface area contributed by atoms with Crippen LogP contribution in [0.15, 0.2) is 0 Å². The van der Waals surface area contributed by atoms with E-state index in [1.54, 1.807) is 0 Å². The van der Waals surface area contributed by atoms with Gasteiger partial charge >= 0.3 is 5.69 Å². The van der Waals surface area contributed by atoms with Gasteiger partial charge in [0.05, 0.1) is 4.92 Å². The molecule has 1 rings (SSSR count). The first-order valence-corrected chi connectivity index (χ1v) is 3.72. The monoisotopic (exact) mass is 225 g/mol. The molecule has 0 aliphatic rings. The van der Waals surface area contributed by atoms with E-state index in [0.717, 1.165) is 6.92 Å². The molecule has 0 bridgehead atoms. The summed E-state index contributed by atoms with van der Waals surface area (Å²) < 4.78 is 38.3. The van der Waals surface area contributed by atoms with Crippen LogP contribution in [0.3, 0.4) is 0 Å².